The highest BCUT2D eigenvalue weighted by Crippen LogP contribution is 2.20. The zero-order chi connectivity index (χ0) is 15.9. The minimum absolute atomic E-state index is 0.181. The van der Waals surface area contributed by atoms with E-state index in [4.69, 9.17) is 5.11 Å². The van der Waals surface area contributed by atoms with Gasteiger partial charge in [0.15, 0.2) is 0 Å². The smallest absolute Gasteiger partial charge is 0.150 e. The zero-order valence-electron chi connectivity index (χ0n) is 12.6. The van der Waals surface area contributed by atoms with Gasteiger partial charge in [0.05, 0.1) is 11.2 Å². The van der Waals surface area contributed by atoms with Gasteiger partial charge in [-0.05, 0) is 43.3 Å². The molecule has 0 fully saturated rings. The molecule has 4 nitrogen and oxygen atoms in total. The van der Waals surface area contributed by atoms with Crippen molar-refractivity contribution in [3.05, 3.63) is 65.9 Å². The highest BCUT2D eigenvalue weighted by Gasteiger charge is 1.99. The number of aromatic hydroxyl groups is 1. The van der Waals surface area contributed by atoms with E-state index in [1.165, 1.54) is 17.5 Å². The molecule has 0 saturated heterocycles. The van der Waals surface area contributed by atoms with Gasteiger partial charge in [0.25, 0.3) is 0 Å². The van der Waals surface area contributed by atoms with Gasteiger partial charge in [-0.1, -0.05) is 18.2 Å². The van der Waals surface area contributed by atoms with E-state index >= 15 is 0 Å². The first-order valence-corrected chi connectivity index (χ1v) is 6.92. The van der Waals surface area contributed by atoms with Gasteiger partial charge in [0, 0.05) is 23.7 Å². The molecular formula is C18H18N2O2. The fourth-order valence-electron chi connectivity index (χ4n) is 2.00. The van der Waals surface area contributed by atoms with Crippen molar-refractivity contribution in [2.45, 2.75) is 6.92 Å². The van der Waals surface area contributed by atoms with Crippen LogP contribution in [0.2, 0.25) is 0 Å². The number of benzene rings is 2. The molecule has 0 unspecified atom stereocenters. The summed E-state index contributed by atoms with van der Waals surface area (Å²) < 4.78 is 0. The van der Waals surface area contributed by atoms with Gasteiger partial charge >= 0.3 is 0 Å². The normalized spacial score (nSPS) is 9.73. The van der Waals surface area contributed by atoms with Crippen molar-refractivity contribution in [1.82, 2.24) is 4.98 Å². The number of carbonyl (C=O) groups is 1. The van der Waals surface area contributed by atoms with Crippen LogP contribution < -0.4 is 5.32 Å². The van der Waals surface area contributed by atoms with Crippen LogP contribution in [-0.2, 0) is 0 Å². The molecule has 2 N–H and O–H groups in total. The summed E-state index contributed by atoms with van der Waals surface area (Å²) in [5.74, 6) is 0.181. The van der Waals surface area contributed by atoms with E-state index in [2.05, 4.69) is 22.4 Å². The summed E-state index contributed by atoms with van der Waals surface area (Å²) >= 11 is 0. The molecule has 0 amide bonds. The molecule has 0 spiro atoms. The second-order valence-electron chi connectivity index (χ2n) is 4.79. The molecule has 0 radical (unpaired) electrons. The molecule has 4 heteroatoms. The summed E-state index contributed by atoms with van der Waals surface area (Å²) in [4.78, 5) is 14.5. The molecule has 2 aromatic carbocycles. The van der Waals surface area contributed by atoms with Crippen molar-refractivity contribution in [1.29, 1.82) is 0 Å². The summed E-state index contributed by atoms with van der Waals surface area (Å²) in [6.45, 7) is 2.01. The minimum atomic E-state index is 0.181. The molecule has 0 saturated carbocycles. The molecule has 0 aliphatic carbocycles. The van der Waals surface area contributed by atoms with Crippen LogP contribution in [0.15, 0.2) is 54.6 Å². The Labute approximate surface area is 129 Å². The summed E-state index contributed by atoms with van der Waals surface area (Å²) in [7, 11) is 1.92. The van der Waals surface area contributed by atoms with Crippen LogP contribution in [0.4, 0.5) is 5.69 Å². The maximum Gasteiger partial charge on any atom is 0.150 e. The van der Waals surface area contributed by atoms with Crippen molar-refractivity contribution in [3.8, 4) is 5.75 Å². The number of hydrogen-bond acceptors (Lipinski definition) is 4. The average molecular weight is 294 g/mol. The highest BCUT2D eigenvalue weighted by atomic mass is 16.3. The lowest BCUT2D eigenvalue weighted by Crippen LogP contribution is -1.92. The summed E-state index contributed by atoms with van der Waals surface area (Å²) in [6, 6.07) is 16.3. The number of aryl methyl sites for hydroxylation is 1. The van der Waals surface area contributed by atoms with Gasteiger partial charge in [0.2, 0.25) is 0 Å². The molecule has 112 valence electrons. The van der Waals surface area contributed by atoms with Crippen molar-refractivity contribution >= 4 is 22.9 Å². The predicted octanol–water partition coefficient (Wildman–Crippen LogP) is 3.79. The second kappa shape index (κ2) is 7.22. The van der Waals surface area contributed by atoms with E-state index in [1.54, 1.807) is 12.1 Å². The van der Waals surface area contributed by atoms with Gasteiger partial charge < -0.3 is 10.4 Å². The number of aromatic nitrogens is 1. The molecule has 1 heterocycles. The lowest BCUT2D eigenvalue weighted by molar-refractivity contribution is 0.112. The number of fused-ring (bicyclic) bond motifs is 1. The quantitative estimate of drug-likeness (QED) is 0.706. The minimum Gasteiger partial charge on any atom is -0.508 e. The third kappa shape index (κ3) is 3.82. The largest absolute Gasteiger partial charge is 0.508 e. The van der Waals surface area contributed by atoms with E-state index in [0.717, 1.165) is 23.2 Å². The Morgan fingerprint density at radius 2 is 1.77 bits per heavy atom. The number of hydrogen-bond donors (Lipinski definition) is 2. The van der Waals surface area contributed by atoms with Gasteiger partial charge in [-0.25, -0.2) is 0 Å². The van der Waals surface area contributed by atoms with Crippen LogP contribution in [-0.4, -0.2) is 23.4 Å². The Balaban J connectivity index is 0.000000172. The summed E-state index contributed by atoms with van der Waals surface area (Å²) in [6.07, 6.45) is 0.736. The molecule has 0 aliphatic heterocycles. The van der Waals surface area contributed by atoms with Crippen LogP contribution in [0.5, 0.6) is 5.75 Å². The summed E-state index contributed by atoms with van der Waals surface area (Å²) in [5.41, 5.74) is 3.76. The van der Waals surface area contributed by atoms with Crippen molar-refractivity contribution < 1.29 is 9.90 Å². The third-order valence-electron chi connectivity index (χ3n) is 3.16. The molecule has 1 aromatic heterocycles. The molecule has 3 rings (SSSR count). The van der Waals surface area contributed by atoms with Crippen LogP contribution in [0.3, 0.4) is 0 Å². The number of pyridine rings is 1. The number of aldehydes is 1. The topological polar surface area (TPSA) is 62.2 Å². The lowest BCUT2D eigenvalue weighted by Gasteiger charge is -2.04. The van der Waals surface area contributed by atoms with Crippen molar-refractivity contribution in [2.75, 3.05) is 12.4 Å². The number of para-hydroxylation sites is 1. The van der Waals surface area contributed by atoms with Crippen LogP contribution >= 0.6 is 0 Å². The molecule has 0 aliphatic rings. The van der Waals surface area contributed by atoms with Gasteiger partial charge in [-0.3, -0.25) is 9.78 Å². The Kier molecular flexibility index (Phi) is 5.09. The third-order valence-corrected chi connectivity index (χ3v) is 3.16. The molecule has 22 heavy (non-hydrogen) atoms. The number of anilines is 1. The first-order chi connectivity index (χ1) is 10.6. The molecular weight excluding hydrogens is 276 g/mol. The number of phenolic OH excluding ortho intramolecular Hbond substituents is 1. The van der Waals surface area contributed by atoms with Crippen LogP contribution in [0, 0.1) is 6.92 Å². The van der Waals surface area contributed by atoms with Crippen molar-refractivity contribution in [3.63, 3.8) is 0 Å². The number of nitrogens with one attached hydrogen (secondary N) is 1. The van der Waals surface area contributed by atoms with Crippen LogP contribution in [0.1, 0.15) is 16.1 Å². The Hall–Kier alpha value is -2.88. The fraction of sp³-hybridized carbons (Fsp3) is 0.111. The standard InChI is InChI=1S/C11H12N2.C7H6O2/c1-8-6-7-9-4-3-5-10(12-2)11(9)13-8;8-5-6-1-3-7(9)4-2-6/h3-7,12H,1-2H3;1-5,9H. The van der Waals surface area contributed by atoms with E-state index in [-0.39, 0.29) is 5.75 Å². The van der Waals surface area contributed by atoms with Gasteiger partial charge in [0.1, 0.15) is 12.0 Å². The second-order valence-corrected chi connectivity index (χ2v) is 4.79. The number of phenols is 1. The maximum absolute atomic E-state index is 10.0. The molecule has 0 bridgehead atoms. The molecule has 0 atom stereocenters. The maximum atomic E-state index is 10.0. The monoisotopic (exact) mass is 294 g/mol. The highest BCUT2D eigenvalue weighted by molar-refractivity contribution is 5.90. The van der Waals surface area contributed by atoms with Crippen LogP contribution in [0.25, 0.3) is 10.9 Å². The first kappa shape index (κ1) is 15.5. The SMILES string of the molecule is CNc1cccc2ccc(C)nc12.O=Cc1ccc(O)cc1. The number of nitrogens with zero attached hydrogens (tertiary/aromatic N) is 1. The average Bonchev–Trinajstić information content (AvgIpc) is 2.55. The Morgan fingerprint density at radius 1 is 1.05 bits per heavy atom. The fourth-order valence-corrected chi connectivity index (χ4v) is 2.00. The van der Waals surface area contributed by atoms with E-state index in [1.807, 2.05) is 32.2 Å². The Bertz CT molecular complexity index is 768. The lowest BCUT2D eigenvalue weighted by atomic mass is 10.2. The summed E-state index contributed by atoms with van der Waals surface area (Å²) in [5, 5.41) is 13.0. The zero-order valence-corrected chi connectivity index (χ0v) is 12.6. The first-order valence-electron chi connectivity index (χ1n) is 6.92. The predicted molar refractivity (Wildman–Crippen MR) is 89.5 cm³/mol. The van der Waals surface area contributed by atoms with E-state index in [0.29, 0.717) is 5.56 Å². The van der Waals surface area contributed by atoms with E-state index in [9.17, 15) is 4.79 Å². The molecule has 3 aromatic rings. The number of carbonyl (C=O) groups excluding carboxylic acids is 1. The van der Waals surface area contributed by atoms with Crippen molar-refractivity contribution in [2.24, 2.45) is 0 Å². The van der Waals surface area contributed by atoms with E-state index < -0.39 is 0 Å². The Morgan fingerprint density at radius 3 is 2.41 bits per heavy atom. The van der Waals surface area contributed by atoms with Gasteiger partial charge in [-0.2, -0.15) is 0 Å². The number of rotatable bonds is 2. The van der Waals surface area contributed by atoms with Gasteiger partial charge in [-0.15, -0.1) is 0 Å².